The van der Waals surface area contributed by atoms with Gasteiger partial charge in [-0.3, -0.25) is 4.79 Å². The molecule has 1 heterocycles. The third-order valence-electron chi connectivity index (χ3n) is 6.15. The topological polar surface area (TPSA) is 74.6 Å². The summed E-state index contributed by atoms with van der Waals surface area (Å²) in [5.41, 5.74) is 2.63. The van der Waals surface area contributed by atoms with Crippen LogP contribution in [0, 0.1) is 0 Å². The normalized spacial score (nSPS) is 10.9. The molecule has 0 fully saturated rings. The predicted octanol–water partition coefficient (Wildman–Crippen LogP) is 5.93. The van der Waals surface area contributed by atoms with Crippen molar-refractivity contribution in [3.63, 3.8) is 0 Å². The lowest BCUT2D eigenvalue weighted by Crippen LogP contribution is -2.24. The molecule has 1 amide bonds. The summed E-state index contributed by atoms with van der Waals surface area (Å²) in [5.74, 6) is 2.74. The van der Waals surface area contributed by atoms with Crippen LogP contribution in [0.4, 0.5) is 0 Å². The minimum absolute atomic E-state index is 0.124. The van der Waals surface area contributed by atoms with Gasteiger partial charge in [0.15, 0.2) is 11.5 Å². The van der Waals surface area contributed by atoms with Crippen LogP contribution in [-0.4, -0.2) is 42.8 Å². The van der Waals surface area contributed by atoms with Gasteiger partial charge in [0.05, 0.1) is 36.8 Å². The van der Waals surface area contributed by atoms with Gasteiger partial charge in [0.2, 0.25) is 0 Å². The average molecular weight is 522 g/mol. The van der Waals surface area contributed by atoms with E-state index in [0.29, 0.717) is 47.5 Å². The molecule has 4 rings (SSSR count). The number of imidazole rings is 1. The zero-order chi connectivity index (χ0) is 26.0. The fourth-order valence-corrected chi connectivity index (χ4v) is 4.43. The van der Waals surface area contributed by atoms with E-state index in [1.54, 1.807) is 32.4 Å². The summed E-state index contributed by atoms with van der Waals surface area (Å²) < 4.78 is 18.7. The highest BCUT2D eigenvalue weighted by molar-refractivity contribution is 6.32. The van der Waals surface area contributed by atoms with E-state index in [-0.39, 0.29) is 5.91 Å². The van der Waals surface area contributed by atoms with Gasteiger partial charge in [-0.2, -0.15) is 0 Å². The van der Waals surface area contributed by atoms with Gasteiger partial charge in [0.1, 0.15) is 18.2 Å². The highest BCUT2D eigenvalue weighted by atomic mass is 35.5. The third kappa shape index (κ3) is 6.74. The lowest BCUT2D eigenvalue weighted by atomic mass is 10.1. The Labute approximate surface area is 222 Å². The molecular weight excluding hydrogens is 490 g/mol. The Kier molecular flexibility index (Phi) is 9.27. The van der Waals surface area contributed by atoms with E-state index in [4.69, 9.17) is 30.8 Å². The number of hydrogen-bond donors (Lipinski definition) is 1. The van der Waals surface area contributed by atoms with Crippen LogP contribution in [0.15, 0.2) is 66.7 Å². The maximum absolute atomic E-state index is 12.5. The number of fused-ring (bicyclic) bond motifs is 1. The van der Waals surface area contributed by atoms with Crippen molar-refractivity contribution in [2.45, 2.75) is 32.2 Å². The van der Waals surface area contributed by atoms with Crippen molar-refractivity contribution in [3.8, 4) is 17.2 Å². The number of hydrogen-bond acceptors (Lipinski definition) is 5. The van der Waals surface area contributed by atoms with E-state index in [9.17, 15) is 4.79 Å². The molecule has 1 aromatic heterocycles. The first kappa shape index (κ1) is 26.4. The van der Waals surface area contributed by atoms with E-state index in [2.05, 4.69) is 16.0 Å². The van der Waals surface area contributed by atoms with E-state index in [0.717, 1.165) is 42.5 Å². The minimum Gasteiger partial charge on any atom is -0.493 e. The Morgan fingerprint density at radius 3 is 2.51 bits per heavy atom. The van der Waals surface area contributed by atoms with Crippen molar-refractivity contribution in [3.05, 3.63) is 83.1 Å². The molecule has 8 heteroatoms. The number of methoxy groups -OCH3 is 2. The highest BCUT2D eigenvalue weighted by Gasteiger charge is 2.12. The van der Waals surface area contributed by atoms with Gasteiger partial charge >= 0.3 is 0 Å². The number of aromatic nitrogens is 2. The smallest absolute Gasteiger partial charge is 0.251 e. The highest BCUT2D eigenvalue weighted by Crippen LogP contribution is 2.27. The Morgan fingerprint density at radius 1 is 0.919 bits per heavy atom. The quantitative estimate of drug-likeness (QED) is 0.221. The second-order valence-electron chi connectivity index (χ2n) is 8.58. The first-order valence-electron chi connectivity index (χ1n) is 12.4. The number of carbonyl (C=O) groups is 1. The van der Waals surface area contributed by atoms with Gasteiger partial charge in [-0.1, -0.05) is 42.3 Å². The molecule has 1 N–H and O–H groups in total. The number of amides is 1. The molecule has 0 aliphatic carbocycles. The summed E-state index contributed by atoms with van der Waals surface area (Å²) in [5, 5.41) is 3.59. The van der Waals surface area contributed by atoms with E-state index < -0.39 is 0 Å². The molecule has 0 bridgehead atoms. The molecule has 0 saturated carbocycles. The summed E-state index contributed by atoms with van der Waals surface area (Å²) in [6.07, 6.45) is 3.69. The van der Waals surface area contributed by atoms with Crippen molar-refractivity contribution in [1.82, 2.24) is 14.9 Å². The first-order chi connectivity index (χ1) is 18.1. The summed E-state index contributed by atoms with van der Waals surface area (Å²) in [6.45, 7) is 1.79. The Morgan fingerprint density at radius 2 is 1.70 bits per heavy atom. The molecule has 0 aliphatic rings. The number of ether oxygens (including phenoxy) is 3. The summed E-state index contributed by atoms with van der Waals surface area (Å²) in [4.78, 5) is 17.4. The molecule has 0 spiro atoms. The molecule has 0 saturated heterocycles. The monoisotopic (exact) mass is 521 g/mol. The van der Waals surface area contributed by atoms with Crippen molar-refractivity contribution in [2.75, 3.05) is 27.4 Å². The lowest BCUT2D eigenvalue weighted by molar-refractivity contribution is 0.0952. The second kappa shape index (κ2) is 13.0. The largest absolute Gasteiger partial charge is 0.493 e. The number of halogens is 1. The van der Waals surface area contributed by atoms with Gasteiger partial charge in [-0.15, -0.1) is 0 Å². The number of nitrogens with one attached hydrogen (secondary N) is 1. The minimum atomic E-state index is -0.124. The van der Waals surface area contributed by atoms with Gasteiger partial charge in [0, 0.05) is 18.5 Å². The van der Waals surface area contributed by atoms with Gasteiger partial charge in [-0.25, -0.2) is 4.98 Å². The molecule has 37 heavy (non-hydrogen) atoms. The number of rotatable bonds is 13. The van der Waals surface area contributed by atoms with Crippen molar-refractivity contribution >= 4 is 28.5 Å². The maximum atomic E-state index is 12.5. The summed E-state index contributed by atoms with van der Waals surface area (Å²) in [7, 11) is 3.13. The standard InChI is InChI=1S/C29H32ClN3O4/c1-35-26-16-15-21(20-27(26)36-2)29(34)31-17-9-3-4-14-28-32-23-11-6-7-12-24(23)33(28)18-19-37-25-13-8-5-10-22(25)30/h5-8,10-13,15-16,20H,3-4,9,14,17-19H2,1-2H3,(H,31,34). The molecule has 0 radical (unpaired) electrons. The van der Waals surface area contributed by atoms with Crippen LogP contribution in [0.3, 0.4) is 0 Å². The molecule has 3 aromatic carbocycles. The maximum Gasteiger partial charge on any atom is 0.251 e. The molecule has 0 aliphatic heterocycles. The van der Waals surface area contributed by atoms with Gasteiger partial charge in [0.25, 0.3) is 5.91 Å². The summed E-state index contributed by atoms with van der Waals surface area (Å²) in [6, 6.07) is 20.8. The van der Waals surface area contributed by atoms with Crippen molar-refractivity contribution in [2.24, 2.45) is 0 Å². The number of aryl methyl sites for hydroxylation is 1. The first-order valence-corrected chi connectivity index (χ1v) is 12.8. The van der Waals surface area contributed by atoms with Crippen LogP contribution in [0.25, 0.3) is 11.0 Å². The van der Waals surface area contributed by atoms with E-state index in [1.165, 1.54) is 0 Å². The molecule has 0 atom stereocenters. The van der Waals surface area contributed by atoms with E-state index >= 15 is 0 Å². The Bertz CT molecular complexity index is 1340. The molecule has 4 aromatic rings. The van der Waals surface area contributed by atoms with Gasteiger partial charge in [-0.05, 0) is 55.3 Å². The fourth-order valence-electron chi connectivity index (χ4n) is 4.24. The van der Waals surface area contributed by atoms with Crippen LogP contribution >= 0.6 is 11.6 Å². The fraction of sp³-hybridized carbons (Fsp3) is 0.310. The number of unbranched alkanes of at least 4 members (excludes halogenated alkanes) is 2. The summed E-state index contributed by atoms with van der Waals surface area (Å²) >= 11 is 6.22. The zero-order valence-electron chi connectivity index (χ0n) is 21.2. The SMILES string of the molecule is COc1ccc(C(=O)NCCCCCc2nc3ccccc3n2CCOc2ccccc2Cl)cc1OC. The van der Waals surface area contributed by atoms with Crippen LogP contribution in [0.2, 0.25) is 5.02 Å². The third-order valence-corrected chi connectivity index (χ3v) is 6.46. The molecule has 194 valence electrons. The average Bonchev–Trinajstić information content (AvgIpc) is 3.28. The van der Waals surface area contributed by atoms with E-state index in [1.807, 2.05) is 42.5 Å². The predicted molar refractivity (Wildman–Crippen MR) is 146 cm³/mol. The number of nitrogens with zero attached hydrogens (tertiary/aromatic N) is 2. The number of carbonyl (C=O) groups excluding carboxylic acids is 1. The van der Waals surface area contributed by atoms with Crippen molar-refractivity contribution < 1.29 is 19.0 Å². The van der Waals surface area contributed by atoms with Crippen LogP contribution in [0.5, 0.6) is 17.2 Å². The Hall–Kier alpha value is -3.71. The van der Waals surface area contributed by atoms with Crippen LogP contribution in [0.1, 0.15) is 35.4 Å². The number of para-hydroxylation sites is 3. The molecule has 0 unspecified atom stereocenters. The van der Waals surface area contributed by atoms with Crippen LogP contribution < -0.4 is 19.5 Å². The van der Waals surface area contributed by atoms with Crippen molar-refractivity contribution in [1.29, 1.82) is 0 Å². The molecule has 7 nitrogen and oxygen atoms in total. The van der Waals surface area contributed by atoms with Gasteiger partial charge < -0.3 is 24.1 Å². The van der Waals surface area contributed by atoms with Crippen LogP contribution in [-0.2, 0) is 13.0 Å². The molecular formula is C29H32ClN3O4. The second-order valence-corrected chi connectivity index (χ2v) is 8.99. The Balaban J connectivity index is 1.26. The zero-order valence-corrected chi connectivity index (χ0v) is 22.0. The number of benzene rings is 3. The lowest BCUT2D eigenvalue weighted by Gasteiger charge is -2.12.